The molecular weight excluding hydrogens is 256 g/mol. The second kappa shape index (κ2) is 5.45. The van der Waals surface area contributed by atoms with Crippen LogP contribution in [0.1, 0.15) is 24.2 Å². The Morgan fingerprint density at radius 2 is 1.87 bits per heavy atom. The molecule has 82 valence electrons. The van der Waals surface area contributed by atoms with Crippen molar-refractivity contribution in [1.29, 1.82) is 0 Å². The monoisotopic (exact) mass is 270 g/mol. The van der Waals surface area contributed by atoms with Gasteiger partial charge in [0.05, 0.1) is 6.10 Å². The van der Waals surface area contributed by atoms with Crippen LogP contribution in [0.5, 0.6) is 0 Å². The van der Waals surface area contributed by atoms with Crippen molar-refractivity contribution in [2.45, 2.75) is 19.1 Å². The topological polar surface area (TPSA) is 40.5 Å². The van der Waals surface area contributed by atoms with Crippen molar-refractivity contribution in [2.75, 3.05) is 5.33 Å². The van der Waals surface area contributed by atoms with E-state index in [1.807, 2.05) is 19.1 Å². The number of benzene rings is 1. The summed E-state index contributed by atoms with van der Waals surface area (Å²) in [5.74, 6) is 0. The molecule has 2 atom stereocenters. The summed E-state index contributed by atoms with van der Waals surface area (Å²) < 4.78 is 0. The number of aliphatic hydroxyl groups is 2. The van der Waals surface area contributed by atoms with Crippen LogP contribution >= 0.6 is 15.9 Å². The lowest BCUT2D eigenvalue weighted by Gasteiger charge is -2.16. The summed E-state index contributed by atoms with van der Waals surface area (Å²) in [6.07, 6.45) is -1.62. The molecule has 0 saturated carbocycles. The molecule has 2 N–H and O–H groups in total. The van der Waals surface area contributed by atoms with Crippen LogP contribution in [0.4, 0.5) is 0 Å². The van der Waals surface area contributed by atoms with Crippen LogP contribution in [-0.4, -0.2) is 21.6 Å². The molecule has 2 unspecified atom stereocenters. The van der Waals surface area contributed by atoms with Crippen molar-refractivity contribution in [1.82, 2.24) is 0 Å². The highest BCUT2D eigenvalue weighted by Crippen LogP contribution is 2.20. The van der Waals surface area contributed by atoms with Gasteiger partial charge < -0.3 is 10.2 Å². The SMILES string of the molecule is C=C(C)c1ccc(C(O)C(O)CBr)cc1. The van der Waals surface area contributed by atoms with Gasteiger partial charge >= 0.3 is 0 Å². The molecule has 0 aliphatic heterocycles. The Labute approximate surface area is 98.4 Å². The molecule has 1 rings (SSSR count). The van der Waals surface area contributed by atoms with Crippen LogP contribution in [0.2, 0.25) is 0 Å². The fraction of sp³-hybridized carbons (Fsp3) is 0.333. The number of hydrogen-bond acceptors (Lipinski definition) is 2. The number of alkyl halides is 1. The van der Waals surface area contributed by atoms with Gasteiger partial charge in [0.2, 0.25) is 0 Å². The normalized spacial score (nSPS) is 14.7. The minimum atomic E-state index is -0.844. The average molecular weight is 271 g/mol. The molecule has 0 fully saturated rings. The van der Waals surface area contributed by atoms with Gasteiger partial charge in [-0.25, -0.2) is 0 Å². The maximum absolute atomic E-state index is 9.72. The van der Waals surface area contributed by atoms with Gasteiger partial charge in [-0.1, -0.05) is 52.3 Å². The van der Waals surface area contributed by atoms with Gasteiger partial charge in [-0.2, -0.15) is 0 Å². The standard InChI is InChI=1S/C12H15BrO2/c1-8(2)9-3-5-10(6-4-9)12(15)11(14)7-13/h3-6,11-12,14-15H,1,7H2,2H3. The Bertz CT molecular complexity index is 332. The first-order valence-electron chi connectivity index (χ1n) is 4.74. The molecule has 0 aliphatic carbocycles. The summed E-state index contributed by atoms with van der Waals surface area (Å²) >= 11 is 3.13. The van der Waals surface area contributed by atoms with Gasteiger partial charge in [0, 0.05) is 5.33 Å². The molecule has 0 aromatic heterocycles. The van der Waals surface area contributed by atoms with E-state index in [2.05, 4.69) is 22.5 Å². The fourth-order valence-electron chi connectivity index (χ4n) is 1.27. The summed E-state index contributed by atoms with van der Waals surface area (Å²) in [5.41, 5.74) is 2.74. The van der Waals surface area contributed by atoms with Gasteiger partial charge in [0.25, 0.3) is 0 Å². The van der Waals surface area contributed by atoms with Gasteiger partial charge in [0.15, 0.2) is 0 Å². The molecular formula is C12H15BrO2. The maximum atomic E-state index is 9.72. The molecule has 1 aromatic carbocycles. The zero-order valence-corrected chi connectivity index (χ0v) is 10.2. The Kier molecular flexibility index (Phi) is 4.51. The Hall–Kier alpha value is -0.640. The van der Waals surface area contributed by atoms with Gasteiger partial charge in [0.1, 0.15) is 6.10 Å². The molecule has 3 heteroatoms. The fourth-order valence-corrected chi connectivity index (χ4v) is 1.63. The second-order valence-electron chi connectivity index (χ2n) is 3.57. The summed E-state index contributed by atoms with van der Waals surface area (Å²) in [6.45, 7) is 5.76. The number of rotatable bonds is 4. The van der Waals surface area contributed by atoms with Gasteiger partial charge in [-0.15, -0.1) is 0 Å². The molecule has 15 heavy (non-hydrogen) atoms. The summed E-state index contributed by atoms with van der Waals surface area (Å²) in [5, 5.41) is 19.5. The highest BCUT2D eigenvalue weighted by molar-refractivity contribution is 9.09. The van der Waals surface area contributed by atoms with Crippen LogP contribution in [-0.2, 0) is 0 Å². The maximum Gasteiger partial charge on any atom is 0.106 e. The van der Waals surface area contributed by atoms with E-state index in [1.54, 1.807) is 12.1 Å². The van der Waals surface area contributed by atoms with Crippen LogP contribution in [0.25, 0.3) is 5.57 Å². The van der Waals surface area contributed by atoms with E-state index in [0.717, 1.165) is 11.1 Å². The number of halogens is 1. The third-order valence-corrected chi connectivity index (χ3v) is 2.93. The zero-order chi connectivity index (χ0) is 11.4. The number of aliphatic hydroxyl groups excluding tert-OH is 2. The van der Waals surface area contributed by atoms with E-state index in [0.29, 0.717) is 10.9 Å². The third-order valence-electron chi connectivity index (χ3n) is 2.27. The number of hydrogen-bond donors (Lipinski definition) is 2. The quantitative estimate of drug-likeness (QED) is 0.826. The smallest absolute Gasteiger partial charge is 0.106 e. The number of allylic oxidation sites excluding steroid dienone is 1. The lowest BCUT2D eigenvalue weighted by Crippen LogP contribution is -2.19. The lowest BCUT2D eigenvalue weighted by molar-refractivity contribution is 0.0343. The van der Waals surface area contributed by atoms with Crippen LogP contribution in [0, 0.1) is 0 Å². The molecule has 2 nitrogen and oxygen atoms in total. The van der Waals surface area contributed by atoms with E-state index >= 15 is 0 Å². The first-order valence-corrected chi connectivity index (χ1v) is 5.86. The first-order chi connectivity index (χ1) is 7.06. The molecule has 0 bridgehead atoms. The lowest BCUT2D eigenvalue weighted by atomic mass is 10.0. The molecule has 0 saturated heterocycles. The minimum Gasteiger partial charge on any atom is -0.389 e. The van der Waals surface area contributed by atoms with Crippen LogP contribution < -0.4 is 0 Å². The van der Waals surface area contributed by atoms with E-state index in [1.165, 1.54) is 0 Å². The van der Waals surface area contributed by atoms with Crippen molar-refractivity contribution < 1.29 is 10.2 Å². The third kappa shape index (κ3) is 3.16. The predicted molar refractivity (Wildman–Crippen MR) is 65.9 cm³/mol. The largest absolute Gasteiger partial charge is 0.389 e. The van der Waals surface area contributed by atoms with Crippen LogP contribution in [0.15, 0.2) is 30.8 Å². The van der Waals surface area contributed by atoms with Gasteiger partial charge in [-0.3, -0.25) is 0 Å². The zero-order valence-electron chi connectivity index (χ0n) is 8.65. The Balaban J connectivity index is 2.84. The van der Waals surface area contributed by atoms with E-state index in [-0.39, 0.29) is 0 Å². The van der Waals surface area contributed by atoms with Crippen molar-refractivity contribution in [3.05, 3.63) is 42.0 Å². The van der Waals surface area contributed by atoms with Crippen molar-refractivity contribution in [2.24, 2.45) is 0 Å². The average Bonchev–Trinajstić information content (AvgIpc) is 2.27. The molecule has 0 aliphatic rings. The highest BCUT2D eigenvalue weighted by Gasteiger charge is 2.16. The second-order valence-corrected chi connectivity index (χ2v) is 4.22. The molecule has 0 spiro atoms. The predicted octanol–water partition coefficient (Wildman–Crippen LogP) is 2.51. The van der Waals surface area contributed by atoms with E-state index in [9.17, 15) is 10.2 Å². The first kappa shape index (κ1) is 12.4. The van der Waals surface area contributed by atoms with Crippen molar-refractivity contribution in [3.8, 4) is 0 Å². The minimum absolute atomic E-state index is 0.358. The van der Waals surface area contributed by atoms with Crippen LogP contribution in [0.3, 0.4) is 0 Å². The summed E-state index contributed by atoms with van der Waals surface area (Å²) in [4.78, 5) is 0. The molecule has 0 radical (unpaired) electrons. The van der Waals surface area contributed by atoms with Gasteiger partial charge in [-0.05, 0) is 18.1 Å². The summed E-state index contributed by atoms with van der Waals surface area (Å²) in [7, 11) is 0. The Morgan fingerprint density at radius 3 is 2.27 bits per heavy atom. The molecule has 1 aromatic rings. The van der Waals surface area contributed by atoms with E-state index in [4.69, 9.17) is 0 Å². The molecule has 0 amide bonds. The van der Waals surface area contributed by atoms with Crippen molar-refractivity contribution in [3.63, 3.8) is 0 Å². The van der Waals surface area contributed by atoms with Crippen molar-refractivity contribution >= 4 is 21.5 Å². The Morgan fingerprint density at radius 1 is 1.33 bits per heavy atom. The molecule has 0 heterocycles. The highest BCUT2D eigenvalue weighted by atomic mass is 79.9. The summed E-state index contributed by atoms with van der Waals surface area (Å²) in [6, 6.07) is 7.39. The van der Waals surface area contributed by atoms with E-state index < -0.39 is 12.2 Å².